The van der Waals surface area contributed by atoms with Crippen LogP contribution in [0.25, 0.3) is 10.9 Å². The van der Waals surface area contributed by atoms with E-state index in [4.69, 9.17) is 0 Å². The van der Waals surface area contributed by atoms with Gasteiger partial charge in [-0.15, -0.1) is 0 Å². The van der Waals surface area contributed by atoms with Crippen LogP contribution in [0.2, 0.25) is 0 Å². The van der Waals surface area contributed by atoms with Crippen molar-refractivity contribution < 1.29 is 16.5 Å². The molecule has 0 bridgehead atoms. The number of pyridine rings is 1. The molecule has 0 unspecified atom stereocenters. The van der Waals surface area contributed by atoms with Gasteiger partial charge < -0.3 is 4.18 Å². The van der Waals surface area contributed by atoms with E-state index < -0.39 is 10.5 Å². The molecule has 4 nitrogen and oxygen atoms in total. The predicted molar refractivity (Wildman–Crippen MR) is 52.4 cm³/mol. The van der Waals surface area contributed by atoms with Crippen LogP contribution < -0.4 is 4.18 Å². The zero-order valence-corrected chi connectivity index (χ0v) is 8.24. The summed E-state index contributed by atoms with van der Waals surface area (Å²) in [6.07, 6.45) is 1.61. The van der Waals surface area contributed by atoms with Gasteiger partial charge in [-0.25, -0.2) is 0 Å². The van der Waals surface area contributed by atoms with Crippen molar-refractivity contribution in [2.45, 2.75) is 0 Å². The van der Waals surface area contributed by atoms with Gasteiger partial charge in [0.2, 0.25) is 0 Å². The largest absolute Gasteiger partial charge is 0.488 e. The van der Waals surface area contributed by atoms with Crippen molar-refractivity contribution in [1.29, 1.82) is 0 Å². The maximum atomic E-state index is 12.2. The molecule has 0 atom stereocenters. The van der Waals surface area contributed by atoms with Crippen LogP contribution in [-0.4, -0.2) is 13.4 Å². The Bertz CT molecular complexity index is 597. The van der Waals surface area contributed by atoms with Crippen LogP contribution >= 0.6 is 0 Å². The smallest absolute Gasteiger partial charge is 0.358 e. The van der Waals surface area contributed by atoms with Gasteiger partial charge in [0.15, 0.2) is 0 Å². The summed E-state index contributed by atoms with van der Waals surface area (Å²) in [7, 11) is -4.97. The Morgan fingerprint density at radius 3 is 2.80 bits per heavy atom. The van der Waals surface area contributed by atoms with Crippen molar-refractivity contribution in [3.63, 3.8) is 0 Å². The van der Waals surface area contributed by atoms with Crippen LogP contribution in [0.1, 0.15) is 0 Å². The summed E-state index contributed by atoms with van der Waals surface area (Å²) in [5.41, 5.74) is 0.682. The molecule has 0 amide bonds. The number of nitrogens with zero attached hydrogens (tertiary/aromatic N) is 1. The van der Waals surface area contributed by atoms with Gasteiger partial charge in [0, 0.05) is 11.6 Å². The Balaban J connectivity index is 2.48. The van der Waals surface area contributed by atoms with E-state index in [9.17, 15) is 12.3 Å². The first-order chi connectivity index (χ1) is 7.04. The highest BCUT2D eigenvalue weighted by atomic mass is 32.3. The van der Waals surface area contributed by atoms with Crippen molar-refractivity contribution in [3.05, 3.63) is 36.5 Å². The Labute approximate surface area is 85.7 Å². The zero-order valence-electron chi connectivity index (χ0n) is 7.42. The molecule has 6 heteroatoms. The molecule has 0 aliphatic rings. The fourth-order valence-electron chi connectivity index (χ4n) is 1.22. The number of halogens is 1. The summed E-state index contributed by atoms with van der Waals surface area (Å²) in [5, 5.41) is 0.679. The maximum absolute atomic E-state index is 12.2. The lowest BCUT2D eigenvalue weighted by atomic mass is 10.2. The van der Waals surface area contributed by atoms with Crippen LogP contribution in [-0.2, 0) is 10.5 Å². The fourth-order valence-corrected chi connectivity index (χ4v) is 1.55. The van der Waals surface area contributed by atoms with E-state index in [0.717, 1.165) is 0 Å². The van der Waals surface area contributed by atoms with Gasteiger partial charge in [-0.1, -0.05) is 9.95 Å². The SMILES string of the molecule is O=S(=O)(F)Oc1ccc2ncccc2c1. The molecule has 78 valence electrons. The summed E-state index contributed by atoms with van der Waals surface area (Å²) < 4.78 is 36.8. The van der Waals surface area contributed by atoms with Crippen molar-refractivity contribution in [1.82, 2.24) is 4.98 Å². The molecule has 0 saturated heterocycles. The van der Waals surface area contributed by atoms with E-state index in [0.29, 0.717) is 10.9 Å². The molecule has 15 heavy (non-hydrogen) atoms. The molecule has 0 saturated carbocycles. The van der Waals surface area contributed by atoms with Crippen LogP contribution in [0.4, 0.5) is 3.89 Å². The van der Waals surface area contributed by atoms with Crippen LogP contribution in [0, 0.1) is 0 Å². The lowest BCUT2D eigenvalue weighted by molar-refractivity contribution is 0.440. The Kier molecular flexibility index (Phi) is 2.28. The monoisotopic (exact) mass is 227 g/mol. The van der Waals surface area contributed by atoms with Gasteiger partial charge in [-0.05, 0) is 24.3 Å². The van der Waals surface area contributed by atoms with Crippen LogP contribution in [0.3, 0.4) is 0 Å². The summed E-state index contributed by atoms with van der Waals surface area (Å²) in [6, 6.07) is 7.71. The van der Waals surface area contributed by atoms with Gasteiger partial charge in [-0.2, -0.15) is 8.42 Å². The second-order valence-electron chi connectivity index (χ2n) is 2.83. The number of rotatable bonds is 2. The molecule has 0 spiro atoms. The Morgan fingerprint density at radius 2 is 2.07 bits per heavy atom. The van der Waals surface area contributed by atoms with E-state index in [1.807, 2.05) is 0 Å². The molecule has 0 aliphatic carbocycles. The molecule has 0 fully saturated rings. The van der Waals surface area contributed by atoms with E-state index in [1.54, 1.807) is 24.4 Å². The minimum Gasteiger partial charge on any atom is -0.358 e. The van der Waals surface area contributed by atoms with E-state index in [1.165, 1.54) is 12.1 Å². The quantitative estimate of drug-likeness (QED) is 0.734. The summed E-state index contributed by atoms with van der Waals surface area (Å²) in [4.78, 5) is 4.02. The molecule has 2 rings (SSSR count). The van der Waals surface area contributed by atoms with E-state index >= 15 is 0 Å². The van der Waals surface area contributed by atoms with Crippen molar-refractivity contribution >= 4 is 21.4 Å². The van der Waals surface area contributed by atoms with Gasteiger partial charge in [0.05, 0.1) is 5.52 Å². The van der Waals surface area contributed by atoms with Crippen molar-refractivity contribution in [3.8, 4) is 5.75 Å². The topological polar surface area (TPSA) is 56.3 Å². The van der Waals surface area contributed by atoms with E-state index in [2.05, 4.69) is 9.17 Å². The lowest BCUT2D eigenvalue weighted by Gasteiger charge is -2.01. The van der Waals surface area contributed by atoms with Crippen molar-refractivity contribution in [2.24, 2.45) is 0 Å². The average Bonchev–Trinajstić information content (AvgIpc) is 2.15. The highest BCUT2D eigenvalue weighted by Gasteiger charge is 2.09. The molecule has 1 heterocycles. The van der Waals surface area contributed by atoms with E-state index in [-0.39, 0.29) is 5.75 Å². The van der Waals surface area contributed by atoms with Crippen molar-refractivity contribution in [2.75, 3.05) is 0 Å². The van der Waals surface area contributed by atoms with Gasteiger partial charge in [0.25, 0.3) is 0 Å². The minimum atomic E-state index is -4.97. The molecule has 1 aromatic heterocycles. The third-order valence-electron chi connectivity index (χ3n) is 1.77. The first-order valence-corrected chi connectivity index (χ1v) is 5.34. The molecular formula is C9H6FNO3S. The van der Waals surface area contributed by atoms with Gasteiger partial charge in [0.1, 0.15) is 5.75 Å². The van der Waals surface area contributed by atoms with Crippen LogP contribution in [0.5, 0.6) is 5.75 Å². The third kappa shape index (κ3) is 2.41. The molecule has 1 aromatic carbocycles. The first-order valence-electron chi connectivity index (χ1n) is 4.03. The highest BCUT2D eigenvalue weighted by molar-refractivity contribution is 7.81. The highest BCUT2D eigenvalue weighted by Crippen LogP contribution is 2.20. The number of benzene rings is 1. The Hall–Kier alpha value is -1.69. The number of hydrogen-bond donors (Lipinski definition) is 0. The molecule has 0 N–H and O–H groups in total. The van der Waals surface area contributed by atoms with Gasteiger partial charge >= 0.3 is 10.5 Å². The summed E-state index contributed by atoms with van der Waals surface area (Å²) in [6.45, 7) is 0. The average molecular weight is 227 g/mol. The molecule has 0 aliphatic heterocycles. The van der Waals surface area contributed by atoms with Crippen LogP contribution in [0.15, 0.2) is 36.5 Å². The standard InChI is InChI=1S/C9H6FNO3S/c10-15(12,13)14-8-3-4-9-7(6-8)2-1-5-11-9/h1-6H. The number of aromatic nitrogens is 1. The second kappa shape index (κ2) is 3.47. The minimum absolute atomic E-state index is 0.0713. The normalized spacial score (nSPS) is 11.5. The summed E-state index contributed by atoms with van der Waals surface area (Å²) >= 11 is 0. The fraction of sp³-hybridized carbons (Fsp3) is 0. The maximum Gasteiger partial charge on any atom is 0.488 e. The summed E-state index contributed by atoms with van der Waals surface area (Å²) in [5.74, 6) is -0.0713. The number of hydrogen-bond acceptors (Lipinski definition) is 4. The predicted octanol–water partition coefficient (Wildman–Crippen LogP) is 1.83. The first kappa shape index (κ1) is 9.85. The zero-order chi connectivity index (χ0) is 10.9. The molecule has 0 radical (unpaired) electrons. The Morgan fingerprint density at radius 1 is 1.27 bits per heavy atom. The molecular weight excluding hydrogens is 221 g/mol. The third-order valence-corrected chi connectivity index (χ3v) is 2.16. The molecule has 2 aromatic rings. The number of fused-ring (bicyclic) bond motifs is 1. The van der Waals surface area contributed by atoms with Gasteiger partial charge in [-0.3, -0.25) is 4.98 Å². The second-order valence-corrected chi connectivity index (χ2v) is 3.79. The lowest BCUT2D eigenvalue weighted by Crippen LogP contribution is -2.00.